The second-order valence-corrected chi connectivity index (χ2v) is 10.0. The van der Waals surface area contributed by atoms with E-state index >= 15 is 4.39 Å². The molecule has 2 aliphatic carbocycles. The summed E-state index contributed by atoms with van der Waals surface area (Å²) in [6.45, 7) is 5.98. The molecule has 5 N–H and O–H groups in total. The van der Waals surface area contributed by atoms with Crippen molar-refractivity contribution in [3.8, 4) is 0 Å². The minimum absolute atomic E-state index is 0.0232. The Labute approximate surface area is 216 Å². The van der Waals surface area contributed by atoms with Crippen LogP contribution in [0, 0.1) is 29.1 Å². The molecule has 0 saturated heterocycles. The average molecular weight is 510 g/mol. The van der Waals surface area contributed by atoms with E-state index in [1.54, 1.807) is 23.9 Å². The summed E-state index contributed by atoms with van der Waals surface area (Å²) in [7, 11) is 0. The molecule has 9 nitrogen and oxygen atoms in total. The lowest BCUT2D eigenvalue weighted by atomic mass is 9.88. The van der Waals surface area contributed by atoms with Crippen LogP contribution in [0.15, 0.2) is 30.1 Å². The lowest BCUT2D eigenvalue weighted by Crippen LogP contribution is -2.50. The minimum Gasteiger partial charge on any atom is -0.401 e. The molecule has 37 heavy (non-hydrogen) atoms. The number of carbonyl (C=O) groups is 2. The third-order valence-corrected chi connectivity index (χ3v) is 7.12. The van der Waals surface area contributed by atoms with E-state index in [0.717, 1.165) is 32.1 Å². The molecule has 0 aromatic carbocycles. The Morgan fingerprint density at radius 1 is 1.19 bits per heavy atom. The molecule has 10 heteroatoms. The topological polar surface area (TPSA) is 139 Å². The van der Waals surface area contributed by atoms with Crippen LogP contribution in [-0.4, -0.2) is 38.3 Å². The smallest absolute Gasteiger partial charge is 0.270 e. The van der Waals surface area contributed by atoms with Crippen LogP contribution in [-0.2, 0) is 11.3 Å². The van der Waals surface area contributed by atoms with Crippen LogP contribution in [0.3, 0.4) is 0 Å². The van der Waals surface area contributed by atoms with Crippen LogP contribution in [0.2, 0.25) is 0 Å². The van der Waals surface area contributed by atoms with Crippen LogP contribution >= 0.6 is 0 Å². The first-order chi connectivity index (χ1) is 17.7. The number of rotatable bonds is 12. The van der Waals surface area contributed by atoms with Crippen molar-refractivity contribution < 1.29 is 14.0 Å². The summed E-state index contributed by atoms with van der Waals surface area (Å²) in [5.41, 5.74) is 7.39. The zero-order valence-corrected chi connectivity index (χ0v) is 21.7. The normalized spacial score (nSPS) is 16.8. The standard InChI is InChI=1S/C27H36FN7O2/c1-4-14-35-20(12-13-31-35)26(36)34-24(23(16-6-7-16)17-8-9-17)27(37)33-21-11-10-18(25(28)32-21)22(15(3)29)19(30)5-2/h10-13,16-17,23-24,29H,4-9,14,30H2,1-3H3,(H,34,36)(H,32,33,37)/b22-19+,29-15?/t24-/m0/s1. The maximum absolute atomic E-state index is 15.0. The average Bonchev–Trinajstić information content (AvgIpc) is 3.80. The number of nitrogens with one attached hydrogen (secondary N) is 3. The van der Waals surface area contributed by atoms with Gasteiger partial charge < -0.3 is 21.8 Å². The van der Waals surface area contributed by atoms with Gasteiger partial charge in [0.25, 0.3) is 5.91 Å². The highest BCUT2D eigenvalue weighted by atomic mass is 19.1. The molecule has 2 aliphatic rings. The molecule has 0 aliphatic heterocycles. The molecule has 2 aromatic rings. The zero-order chi connectivity index (χ0) is 26.7. The van der Waals surface area contributed by atoms with Crippen molar-refractivity contribution in [2.45, 2.75) is 71.9 Å². The van der Waals surface area contributed by atoms with Gasteiger partial charge in [0, 0.05) is 35.3 Å². The Balaban J connectivity index is 1.58. The predicted molar refractivity (Wildman–Crippen MR) is 140 cm³/mol. The van der Waals surface area contributed by atoms with Gasteiger partial charge in [0.05, 0.1) is 0 Å². The highest BCUT2D eigenvalue weighted by Crippen LogP contribution is 2.51. The minimum atomic E-state index is -0.819. The van der Waals surface area contributed by atoms with E-state index in [2.05, 4.69) is 20.7 Å². The Hall–Kier alpha value is -3.56. The lowest BCUT2D eigenvalue weighted by molar-refractivity contribution is -0.119. The molecule has 4 rings (SSSR count). The number of carbonyl (C=O) groups excluding carboxylic acids is 2. The molecule has 2 fully saturated rings. The number of hydrogen-bond donors (Lipinski definition) is 4. The Morgan fingerprint density at radius 2 is 1.86 bits per heavy atom. The number of nitrogens with zero attached hydrogens (tertiary/aromatic N) is 3. The summed E-state index contributed by atoms with van der Waals surface area (Å²) in [6, 6.07) is 3.86. The number of aromatic nitrogens is 3. The third-order valence-electron chi connectivity index (χ3n) is 7.12. The van der Waals surface area contributed by atoms with E-state index in [1.165, 1.54) is 12.1 Å². The van der Waals surface area contributed by atoms with Gasteiger partial charge in [-0.2, -0.15) is 9.49 Å². The molecule has 2 amide bonds. The van der Waals surface area contributed by atoms with Gasteiger partial charge in [-0.1, -0.05) is 13.8 Å². The van der Waals surface area contributed by atoms with Crippen LogP contribution in [0.1, 0.15) is 75.3 Å². The maximum atomic E-state index is 15.0. The van der Waals surface area contributed by atoms with Gasteiger partial charge in [0.1, 0.15) is 17.6 Å². The Bertz CT molecular complexity index is 1200. The maximum Gasteiger partial charge on any atom is 0.270 e. The van der Waals surface area contributed by atoms with Gasteiger partial charge in [0.15, 0.2) is 0 Å². The van der Waals surface area contributed by atoms with Crippen LogP contribution in [0.4, 0.5) is 10.2 Å². The van der Waals surface area contributed by atoms with Crippen LogP contribution in [0.5, 0.6) is 0 Å². The van der Waals surface area contributed by atoms with Crippen LogP contribution < -0.4 is 16.4 Å². The molecule has 1 atom stereocenters. The fourth-order valence-corrected chi connectivity index (χ4v) is 5.05. The van der Waals surface area contributed by atoms with Crippen molar-refractivity contribution >= 4 is 28.9 Å². The highest BCUT2D eigenvalue weighted by molar-refractivity contribution is 6.22. The molecule has 0 radical (unpaired) electrons. The fourth-order valence-electron chi connectivity index (χ4n) is 5.05. The number of amides is 2. The van der Waals surface area contributed by atoms with Crippen molar-refractivity contribution in [1.82, 2.24) is 20.1 Å². The van der Waals surface area contributed by atoms with E-state index in [4.69, 9.17) is 11.1 Å². The third kappa shape index (κ3) is 6.06. The fraction of sp³-hybridized carbons (Fsp3) is 0.519. The number of halogens is 1. The number of aryl methyl sites for hydroxylation is 1. The van der Waals surface area contributed by atoms with Gasteiger partial charge >= 0.3 is 0 Å². The molecule has 198 valence electrons. The number of hydrogen-bond acceptors (Lipinski definition) is 6. The van der Waals surface area contributed by atoms with E-state index in [9.17, 15) is 9.59 Å². The molecular formula is C27H36FN7O2. The molecule has 2 heterocycles. The van der Waals surface area contributed by atoms with E-state index < -0.39 is 17.9 Å². The molecule has 2 aromatic heterocycles. The summed E-state index contributed by atoms with van der Waals surface area (Å²) < 4.78 is 16.7. The largest absolute Gasteiger partial charge is 0.401 e. The summed E-state index contributed by atoms with van der Waals surface area (Å²) in [5.74, 6) is -0.740. The van der Waals surface area contributed by atoms with Gasteiger partial charge in [-0.05, 0) is 81.4 Å². The van der Waals surface area contributed by atoms with Gasteiger partial charge in [-0.15, -0.1) is 0 Å². The highest BCUT2D eigenvalue weighted by Gasteiger charge is 2.48. The number of nitrogens with two attached hydrogens (primary N) is 1. The first-order valence-electron chi connectivity index (χ1n) is 13.1. The monoisotopic (exact) mass is 509 g/mol. The van der Waals surface area contributed by atoms with Crippen LogP contribution in [0.25, 0.3) is 5.57 Å². The first kappa shape index (κ1) is 26.5. The van der Waals surface area contributed by atoms with Crippen molar-refractivity contribution in [3.63, 3.8) is 0 Å². The second kappa shape index (κ2) is 11.2. The lowest BCUT2D eigenvalue weighted by Gasteiger charge is -2.27. The van der Waals surface area contributed by atoms with Gasteiger partial charge in [-0.3, -0.25) is 14.3 Å². The van der Waals surface area contributed by atoms with Crippen molar-refractivity contribution in [1.29, 1.82) is 5.41 Å². The van der Waals surface area contributed by atoms with Gasteiger partial charge in [-0.25, -0.2) is 4.98 Å². The SMILES string of the molecule is CCCn1nccc1C(=O)N[C@H](C(=O)Nc1ccc(/C(C(C)=N)=C(/N)CC)c(F)n1)C(C1CC1)C1CC1. The van der Waals surface area contributed by atoms with Gasteiger partial charge in [0.2, 0.25) is 11.9 Å². The summed E-state index contributed by atoms with van der Waals surface area (Å²) >= 11 is 0. The first-order valence-corrected chi connectivity index (χ1v) is 13.1. The summed E-state index contributed by atoms with van der Waals surface area (Å²) in [6.07, 6.45) is 7.01. The molecule has 2 saturated carbocycles. The van der Waals surface area contributed by atoms with E-state index in [-0.39, 0.29) is 28.9 Å². The predicted octanol–water partition coefficient (Wildman–Crippen LogP) is 4.12. The summed E-state index contributed by atoms with van der Waals surface area (Å²) in [4.78, 5) is 30.7. The molecule has 0 spiro atoms. The van der Waals surface area contributed by atoms with E-state index in [1.807, 2.05) is 13.8 Å². The molecule has 0 unspecified atom stereocenters. The number of allylic oxidation sites excluding steroid dienone is 2. The van der Waals surface area contributed by atoms with E-state index in [0.29, 0.717) is 41.8 Å². The summed E-state index contributed by atoms with van der Waals surface area (Å²) in [5, 5.41) is 17.9. The van der Waals surface area contributed by atoms with Crippen molar-refractivity contribution in [2.24, 2.45) is 23.5 Å². The quantitative estimate of drug-likeness (QED) is 0.252. The zero-order valence-electron chi connectivity index (χ0n) is 21.7. The Kier molecular flexibility index (Phi) is 8.04. The Morgan fingerprint density at radius 3 is 2.41 bits per heavy atom. The second-order valence-electron chi connectivity index (χ2n) is 10.0. The number of pyridine rings is 1. The molecular weight excluding hydrogens is 473 g/mol. The number of anilines is 1. The van der Waals surface area contributed by atoms with Crippen molar-refractivity contribution in [3.05, 3.63) is 47.3 Å². The van der Waals surface area contributed by atoms with Crippen molar-refractivity contribution in [2.75, 3.05) is 5.32 Å². The molecule has 0 bridgehead atoms.